The van der Waals surface area contributed by atoms with E-state index in [1.54, 1.807) is 6.07 Å². The predicted molar refractivity (Wildman–Crippen MR) is 56.7 cm³/mol. The average Bonchev–Trinajstić information content (AvgIpc) is 2.15. The topological polar surface area (TPSA) is 26.3 Å². The molecule has 0 atom stereocenters. The molecule has 15 heavy (non-hydrogen) atoms. The molecule has 0 aliphatic carbocycles. The number of Topliss-reactive ketones (excluding diaryl/α,β-unsaturated/α-hetero) is 1. The molecule has 1 aromatic carbocycles. The monoisotopic (exact) mass is 210 g/mol. The van der Waals surface area contributed by atoms with Crippen molar-refractivity contribution in [2.75, 3.05) is 7.11 Å². The van der Waals surface area contributed by atoms with Gasteiger partial charge < -0.3 is 4.74 Å². The fourth-order valence-corrected chi connectivity index (χ4v) is 1.33. The number of carbonyl (C=O) groups is 1. The highest BCUT2D eigenvalue weighted by atomic mass is 19.1. The van der Waals surface area contributed by atoms with Crippen molar-refractivity contribution in [3.05, 3.63) is 29.6 Å². The normalized spacial score (nSPS) is 10.5. The Kier molecular flexibility index (Phi) is 3.83. The van der Waals surface area contributed by atoms with Crippen molar-refractivity contribution in [2.24, 2.45) is 5.92 Å². The molecule has 82 valence electrons. The predicted octanol–water partition coefficient (Wildman–Crippen LogP) is 3.06. The number of hydrogen-bond donors (Lipinski definition) is 0. The fourth-order valence-electron chi connectivity index (χ4n) is 1.33. The fraction of sp³-hybridized carbons (Fsp3) is 0.417. The molecule has 2 nitrogen and oxygen atoms in total. The smallest absolute Gasteiger partial charge is 0.163 e. The Morgan fingerprint density at radius 3 is 2.60 bits per heavy atom. The molecule has 0 radical (unpaired) electrons. The van der Waals surface area contributed by atoms with Gasteiger partial charge in [-0.25, -0.2) is 4.39 Å². The standard InChI is InChI=1S/C12H15FO2/c1-8(2)4-12(14)9-5-10(13)7-11(6-9)15-3/h5-8H,4H2,1-3H3. The van der Waals surface area contributed by atoms with Gasteiger partial charge in [0.2, 0.25) is 0 Å². The first kappa shape index (κ1) is 11.7. The van der Waals surface area contributed by atoms with Gasteiger partial charge in [0, 0.05) is 18.1 Å². The number of benzene rings is 1. The molecule has 0 fully saturated rings. The van der Waals surface area contributed by atoms with Gasteiger partial charge >= 0.3 is 0 Å². The van der Waals surface area contributed by atoms with Crippen LogP contribution in [0, 0.1) is 11.7 Å². The number of hydrogen-bond acceptors (Lipinski definition) is 2. The molecule has 0 amide bonds. The molecule has 0 aliphatic heterocycles. The molecule has 0 heterocycles. The number of carbonyl (C=O) groups excluding carboxylic acids is 1. The Bertz CT molecular complexity index is 359. The van der Waals surface area contributed by atoms with Crippen LogP contribution in [0.2, 0.25) is 0 Å². The van der Waals surface area contributed by atoms with Crippen LogP contribution in [0.4, 0.5) is 4.39 Å². The van der Waals surface area contributed by atoms with E-state index in [0.717, 1.165) is 0 Å². The first-order valence-corrected chi connectivity index (χ1v) is 4.90. The third-order valence-electron chi connectivity index (χ3n) is 2.02. The van der Waals surface area contributed by atoms with Gasteiger partial charge in [-0.05, 0) is 18.1 Å². The Labute approximate surface area is 89.1 Å². The van der Waals surface area contributed by atoms with Crippen molar-refractivity contribution < 1.29 is 13.9 Å². The van der Waals surface area contributed by atoms with Crippen LogP contribution in [-0.4, -0.2) is 12.9 Å². The third-order valence-corrected chi connectivity index (χ3v) is 2.02. The Hall–Kier alpha value is -1.38. The van der Waals surface area contributed by atoms with Gasteiger partial charge in [-0.3, -0.25) is 4.79 Å². The lowest BCUT2D eigenvalue weighted by Gasteiger charge is -2.06. The quantitative estimate of drug-likeness (QED) is 0.714. The largest absolute Gasteiger partial charge is 0.497 e. The number of methoxy groups -OCH3 is 1. The number of rotatable bonds is 4. The van der Waals surface area contributed by atoms with Crippen LogP contribution in [0.15, 0.2) is 18.2 Å². The summed E-state index contributed by atoms with van der Waals surface area (Å²) in [5.41, 5.74) is 0.376. The lowest BCUT2D eigenvalue weighted by molar-refractivity contribution is 0.0967. The zero-order chi connectivity index (χ0) is 11.4. The summed E-state index contributed by atoms with van der Waals surface area (Å²) in [7, 11) is 1.45. The molecular formula is C12H15FO2. The van der Waals surface area contributed by atoms with Crippen molar-refractivity contribution >= 4 is 5.78 Å². The van der Waals surface area contributed by atoms with Gasteiger partial charge in [0.1, 0.15) is 11.6 Å². The van der Waals surface area contributed by atoms with Crippen molar-refractivity contribution in [2.45, 2.75) is 20.3 Å². The zero-order valence-electron chi connectivity index (χ0n) is 9.21. The Morgan fingerprint density at radius 2 is 2.07 bits per heavy atom. The molecule has 0 aromatic heterocycles. The van der Waals surface area contributed by atoms with E-state index in [1.807, 2.05) is 13.8 Å². The maximum absolute atomic E-state index is 13.1. The highest BCUT2D eigenvalue weighted by Gasteiger charge is 2.10. The SMILES string of the molecule is COc1cc(F)cc(C(=O)CC(C)C)c1. The molecule has 1 aromatic rings. The first-order chi connectivity index (χ1) is 7.02. The highest BCUT2D eigenvalue weighted by Crippen LogP contribution is 2.18. The molecular weight excluding hydrogens is 195 g/mol. The summed E-state index contributed by atoms with van der Waals surface area (Å²) in [6, 6.07) is 4.06. The summed E-state index contributed by atoms with van der Waals surface area (Å²) in [5, 5.41) is 0. The maximum atomic E-state index is 13.1. The van der Waals surface area contributed by atoms with E-state index in [0.29, 0.717) is 17.7 Å². The van der Waals surface area contributed by atoms with Crippen molar-refractivity contribution in [3.63, 3.8) is 0 Å². The third kappa shape index (κ3) is 3.35. The summed E-state index contributed by atoms with van der Waals surface area (Å²) in [6.07, 6.45) is 0.423. The van der Waals surface area contributed by atoms with E-state index >= 15 is 0 Å². The summed E-state index contributed by atoms with van der Waals surface area (Å²) >= 11 is 0. The molecule has 0 spiro atoms. The Morgan fingerprint density at radius 1 is 1.40 bits per heavy atom. The van der Waals surface area contributed by atoms with Gasteiger partial charge in [0.25, 0.3) is 0 Å². The van der Waals surface area contributed by atoms with Crippen LogP contribution >= 0.6 is 0 Å². The minimum atomic E-state index is -0.443. The molecule has 0 bridgehead atoms. The molecule has 0 saturated carbocycles. The molecule has 0 aliphatic rings. The van der Waals surface area contributed by atoms with E-state index in [4.69, 9.17) is 4.74 Å². The van der Waals surface area contributed by atoms with Gasteiger partial charge in [0.15, 0.2) is 5.78 Å². The number of ketones is 1. The lowest BCUT2D eigenvalue weighted by Crippen LogP contribution is -2.04. The second-order valence-electron chi connectivity index (χ2n) is 3.90. The number of ether oxygens (including phenoxy) is 1. The number of halogens is 1. The maximum Gasteiger partial charge on any atom is 0.163 e. The van der Waals surface area contributed by atoms with Crippen molar-refractivity contribution in [3.8, 4) is 5.75 Å². The van der Waals surface area contributed by atoms with Crippen LogP contribution in [0.3, 0.4) is 0 Å². The molecule has 1 rings (SSSR count). The van der Waals surface area contributed by atoms with Crippen molar-refractivity contribution in [1.29, 1.82) is 0 Å². The zero-order valence-corrected chi connectivity index (χ0v) is 9.21. The first-order valence-electron chi connectivity index (χ1n) is 4.90. The summed E-state index contributed by atoms with van der Waals surface area (Å²) in [5.74, 6) is 0.151. The second kappa shape index (κ2) is 4.91. The van der Waals surface area contributed by atoms with E-state index in [1.165, 1.54) is 19.2 Å². The lowest BCUT2D eigenvalue weighted by atomic mass is 10.0. The summed E-state index contributed by atoms with van der Waals surface area (Å²) < 4.78 is 18.0. The van der Waals surface area contributed by atoms with Gasteiger partial charge in [-0.15, -0.1) is 0 Å². The van der Waals surface area contributed by atoms with Crippen molar-refractivity contribution in [1.82, 2.24) is 0 Å². The van der Waals surface area contributed by atoms with Crippen LogP contribution < -0.4 is 4.74 Å². The van der Waals surface area contributed by atoms with Gasteiger partial charge in [-0.1, -0.05) is 13.8 Å². The average molecular weight is 210 g/mol. The van der Waals surface area contributed by atoms with E-state index in [2.05, 4.69) is 0 Å². The van der Waals surface area contributed by atoms with Crippen LogP contribution in [-0.2, 0) is 0 Å². The van der Waals surface area contributed by atoms with Crippen LogP contribution in [0.25, 0.3) is 0 Å². The van der Waals surface area contributed by atoms with E-state index in [-0.39, 0.29) is 11.7 Å². The summed E-state index contributed by atoms with van der Waals surface area (Å²) in [4.78, 5) is 11.7. The van der Waals surface area contributed by atoms with Gasteiger partial charge in [0.05, 0.1) is 7.11 Å². The highest BCUT2D eigenvalue weighted by molar-refractivity contribution is 5.96. The van der Waals surface area contributed by atoms with E-state index < -0.39 is 5.82 Å². The molecule has 0 N–H and O–H groups in total. The minimum Gasteiger partial charge on any atom is -0.497 e. The van der Waals surface area contributed by atoms with Crippen LogP contribution in [0.5, 0.6) is 5.75 Å². The minimum absolute atomic E-state index is 0.0530. The Balaban J connectivity index is 2.93. The second-order valence-corrected chi connectivity index (χ2v) is 3.90. The molecule has 3 heteroatoms. The summed E-state index contributed by atoms with van der Waals surface area (Å²) in [6.45, 7) is 3.91. The van der Waals surface area contributed by atoms with E-state index in [9.17, 15) is 9.18 Å². The van der Waals surface area contributed by atoms with Gasteiger partial charge in [-0.2, -0.15) is 0 Å². The molecule has 0 unspecified atom stereocenters. The molecule has 0 saturated heterocycles. The van der Waals surface area contributed by atoms with Crippen LogP contribution in [0.1, 0.15) is 30.6 Å².